The number of hydrogen-bond donors (Lipinski definition) is 16. The number of phenolic OH excluding ortho intramolecular Hbond substituents is 1. The number of nitrogens with zero attached hydrogens (tertiary/aromatic N) is 2. The molecule has 448 valence electrons. The standard InChI is InChI=1S/C49H79N12O18P/c1-8-26(2)39(59-45(71)38(50)27(3)64)46(72)60-40(28(4)65)47(73)58-37(25-63)44(70)57-36(24-62)43(69)56-35(23-30-13-17-32(18-14-30)79-80(76,77)78-21-20-61(5,6)7)42(68)55-34(22-29-11-15-31(66)16-12-29)41(67)54-33(48(74)75)10-9-19-53-49(51)52/h11-18,26-28,33-40,62-65H,8-10,19-25,50H2,1-7H3,(H13-,51,52,53,54,55,56,57,58,59,60,66,67,68,69,70,71,72,73,74,75,76,77)/t26-,27+,28+,33-,34-,35-,36-,37-,38-,39-,40-/m0/s1. The zero-order valence-electron chi connectivity index (χ0n) is 45.7. The molecule has 0 spiro atoms. The van der Waals surface area contributed by atoms with Gasteiger partial charge < -0.3 is 103 Å². The van der Waals surface area contributed by atoms with Crippen molar-refractivity contribution < 1.29 is 92.0 Å². The van der Waals surface area contributed by atoms with Crippen LogP contribution in [0, 0.1) is 5.92 Å². The van der Waals surface area contributed by atoms with Crippen LogP contribution in [0.25, 0.3) is 0 Å². The van der Waals surface area contributed by atoms with Gasteiger partial charge in [-0.05, 0) is 68.0 Å². The normalized spacial score (nSPS) is 16.3. The monoisotopic (exact) mass is 1150 g/mol. The number of phosphoric ester groups is 1. The lowest BCUT2D eigenvalue weighted by atomic mass is 9.97. The van der Waals surface area contributed by atoms with E-state index < -0.39 is 141 Å². The molecule has 0 saturated carbocycles. The summed E-state index contributed by atoms with van der Waals surface area (Å²) < 4.78 is 23.0. The maximum Gasteiger partial charge on any atom is 0.326 e. The van der Waals surface area contributed by atoms with Crippen LogP contribution in [-0.2, 0) is 60.3 Å². The first-order valence-corrected chi connectivity index (χ1v) is 26.8. The van der Waals surface area contributed by atoms with Gasteiger partial charge in [0, 0.05) is 19.4 Å². The van der Waals surface area contributed by atoms with Crippen LogP contribution in [0.4, 0.5) is 0 Å². The van der Waals surface area contributed by atoms with E-state index in [0.717, 1.165) is 6.92 Å². The van der Waals surface area contributed by atoms with E-state index >= 15 is 0 Å². The molecular weight excluding hydrogens is 1080 g/mol. The number of phosphoric acid groups is 1. The zero-order valence-corrected chi connectivity index (χ0v) is 46.6. The number of carbonyl (C=O) groups is 8. The summed E-state index contributed by atoms with van der Waals surface area (Å²) in [6, 6.07) is -2.78. The van der Waals surface area contributed by atoms with Crippen LogP contribution in [0.15, 0.2) is 53.5 Å². The Kier molecular flexibility index (Phi) is 28.4. The number of carboxylic acids is 1. The molecule has 2 rings (SSSR count). The van der Waals surface area contributed by atoms with Gasteiger partial charge in [0.15, 0.2) is 5.96 Å². The second-order valence-electron chi connectivity index (χ2n) is 19.9. The number of carbonyl (C=O) groups excluding carboxylic acids is 7. The van der Waals surface area contributed by atoms with Crippen molar-refractivity contribution in [2.45, 2.75) is 120 Å². The van der Waals surface area contributed by atoms with Crippen molar-refractivity contribution in [2.24, 2.45) is 28.1 Å². The number of hydrogen-bond acceptors (Lipinski definition) is 19. The summed E-state index contributed by atoms with van der Waals surface area (Å²) in [7, 11) is 0.590. The average Bonchev–Trinajstić information content (AvgIpc) is 3.38. The number of quaternary nitrogens is 1. The van der Waals surface area contributed by atoms with Crippen molar-refractivity contribution in [2.75, 3.05) is 54.1 Å². The number of aromatic hydroxyl groups is 1. The lowest BCUT2D eigenvalue weighted by Crippen LogP contribution is -2.63. The molecule has 0 bridgehead atoms. The molecule has 1 unspecified atom stereocenters. The summed E-state index contributed by atoms with van der Waals surface area (Å²) in [6.45, 7) is 3.48. The number of phenols is 1. The van der Waals surface area contributed by atoms with Gasteiger partial charge in [-0.25, -0.2) is 4.79 Å². The lowest BCUT2D eigenvalue weighted by Gasteiger charge is -2.29. The Morgan fingerprint density at radius 3 is 1.54 bits per heavy atom. The second-order valence-corrected chi connectivity index (χ2v) is 21.3. The SMILES string of the molecule is CC[C@H](C)[C@H](NC(=O)[C@@H](N)[C@@H](C)O)C(=O)N[C@H](C(=O)N[C@@H](CO)C(=O)N[C@@H](CO)C(=O)N[C@@H](Cc1ccc(OP(=O)([O-])OCC[N+](C)(C)C)cc1)C(=O)N[C@@H](Cc1ccc(O)cc1)C(=O)N[C@@H](CCCN=C(N)N)C(=O)O)[C@@H](C)O. The van der Waals surface area contributed by atoms with E-state index in [1.807, 2.05) is 21.1 Å². The summed E-state index contributed by atoms with van der Waals surface area (Å²) in [5, 5.41) is 77.1. The summed E-state index contributed by atoms with van der Waals surface area (Å²) in [5.41, 5.74) is 17.0. The Bertz CT molecular complexity index is 2460. The largest absolute Gasteiger partial charge is 0.746 e. The first-order valence-electron chi connectivity index (χ1n) is 25.4. The third-order valence-corrected chi connectivity index (χ3v) is 13.0. The highest BCUT2D eigenvalue weighted by Crippen LogP contribution is 2.39. The lowest BCUT2D eigenvalue weighted by molar-refractivity contribution is -0.870. The highest BCUT2D eigenvalue weighted by atomic mass is 31.2. The maximum atomic E-state index is 14.4. The molecule has 0 radical (unpaired) electrons. The van der Waals surface area contributed by atoms with E-state index in [-0.39, 0.29) is 55.4 Å². The molecule has 0 saturated heterocycles. The number of amides is 7. The Hall–Kier alpha value is -7.02. The van der Waals surface area contributed by atoms with E-state index in [4.69, 9.17) is 26.2 Å². The minimum Gasteiger partial charge on any atom is -0.746 e. The highest BCUT2D eigenvalue weighted by molar-refractivity contribution is 7.46. The molecule has 7 amide bonds. The van der Waals surface area contributed by atoms with Crippen LogP contribution in [0.1, 0.15) is 58.1 Å². The molecule has 0 aliphatic heterocycles. The number of nitrogens with two attached hydrogens (primary N) is 3. The Morgan fingerprint density at radius 1 is 0.662 bits per heavy atom. The van der Waals surface area contributed by atoms with Gasteiger partial charge in [-0.3, -0.25) is 43.1 Å². The first-order chi connectivity index (χ1) is 37.3. The average molecular weight is 1160 g/mol. The number of rotatable bonds is 35. The topological polar surface area (TPSA) is 491 Å². The van der Waals surface area contributed by atoms with E-state index in [2.05, 4.69) is 42.2 Å². The van der Waals surface area contributed by atoms with Gasteiger partial charge in [0.2, 0.25) is 41.4 Å². The fraction of sp³-hybridized carbons (Fsp3) is 0.571. The first kappa shape index (κ1) is 69.1. The van der Waals surface area contributed by atoms with E-state index in [0.29, 0.717) is 23.0 Å². The van der Waals surface area contributed by atoms with E-state index in [1.165, 1.54) is 55.5 Å². The fourth-order valence-corrected chi connectivity index (χ4v) is 7.85. The van der Waals surface area contributed by atoms with Crippen molar-refractivity contribution in [3.8, 4) is 11.5 Å². The Balaban J connectivity index is 2.51. The highest BCUT2D eigenvalue weighted by Gasteiger charge is 2.37. The molecule has 2 aromatic carbocycles. The number of aliphatic imine (C=N–C) groups is 1. The molecule has 19 N–H and O–H groups in total. The predicted molar refractivity (Wildman–Crippen MR) is 285 cm³/mol. The van der Waals surface area contributed by atoms with Crippen LogP contribution >= 0.6 is 7.82 Å². The van der Waals surface area contributed by atoms with E-state index in [9.17, 15) is 78.5 Å². The van der Waals surface area contributed by atoms with Crippen LogP contribution in [0.3, 0.4) is 0 Å². The smallest absolute Gasteiger partial charge is 0.326 e. The quantitative estimate of drug-likeness (QED) is 0.0101. The Labute approximate surface area is 462 Å². The number of aliphatic hydroxyl groups excluding tert-OH is 4. The number of benzene rings is 2. The summed E-state index contributed by atoms with van der Waals surface area (Å²) in [4.78, 5) is 124. The van der Waals surface area contributed by atoms with Gasteiger partial charge in [0.1, 0.15) is 73.0 Å². The van der Waals surface area contributed by atoms with Crippen molar-refractivity contribution in [1.82, 2.24) is 37.2 Å². The molecule has 0 aliphatic rings. The minimum atomic E-state index is -4.87. The predicted octanol–water partition coefficient (Wildman–Crippen LogP) is -5.60. The van der Waals surface area contributed by atoms with Crippen molar-refractivity contribution in [3.63, 3.8) is 0 Å². The number of aliphatic hydroxyl groups is 4. The van der Waals surface area contributed by atoms with Crippen molar-refractivity contribution in [1.29, 1.82) is 0 Å². The number of guanidine groups is 1. The molecule has 2 aromatic rings. The van der Waals surface area contributed by atoms with Crippen LogP contribution < -0.4 is 63.8 Å². The molecule has 80 heavy (non-hydrogen) atoms. The second kappa shape index (κ2) is 32.9. The van der Waals surface area contributed by atoms with Gasteiger partial charge in [-0.15, -0.1) is 0 Å². The van der Waals surface area contributed by atoms with Gasteiger partial charge in [0.25, 0.3) is 0 Å². The fourth-order valence-electron chi connectivity index (χ4n) is 7.11. The maximum absolute atomic E-state index is 14.4. The molecule has 31 heteroatoms. The van der Waals surface area contributed by atoms with E-state index in [1.54, 1.807) is 13.8 Å². The van der Waals surface area contributed by atoms with Gasteiger partial charge >= 0.3 is 13.8 Å². The minimum absolute atomic E-state index is 0.0183. The van der Waals surface area contributed by atoms with Gasteiger partial charge in [0.05, 0.1) is 46.6 Å². The van der Waals surface area contributed by atoms with Gasteiger partial charge in [-0.1, -0.05) is 44.5 Å². The number of carboxylic acid groups (broad SMARTS) is 1. The number of nitrogens with one attached hydrogen (secondary N) is 7. The van der Waals surface area contributed by atoms with Gasteiger partial charge in [-0.2, -0.15) is 0 Å². The third-order valence-electron chi connectivity index (χ3n) is 12.1. The molecule has 12 atom stereocenters. The third kappa shape index (κ3) is 24.6. The van der Waals surface area contributed by atoms with Crippen molar-refractivity contribution in [3.05, 3.63) is 59.7 Å². The molecule has 30 nitrogen and oxygen atoms in total. The molecule has 0 heterocycles. The number of likely N-dealkylation sites (N-methyl/N-ethyl adjacent to an activating group) is 1. The van der Waals surface area contributed by atoms with Crippen LogP contribution in [0.2, 0.25) is 0 Å². The van der Waals surface area contributed by atoms with Crippen molar-refractivity contribution >= 4 is 61.1 Å². The Morgan fingerprint density at radius 2 is 1.10 bits per heavy atom. The molecule has 0 aliphatic carbocycles. The molecular formula is C49H79N12O18P. The molecule has 0 aromatic heterocycles. The number of aliphatic carboxylic acids is 1. The molecule has 0 fully saturated rings. The van der Waals surface area contributed by atoms with Crippen LogP contribution in [-0.4, -0.2) is 203 Å². The summed E-state index contributed by atoms with van der Waals surface area (Å²) in [6.07, 6.45) is -3.44. The summed E-state index contributed by atoms with van der Waals surface area (Å²) >= 11 is 0. The summed E-state index contributed by atoms with van der Waals surface area (Å²) in [5.74, 6) is -10.3. The van der Waals surface area contributed by atoms with Crippen LogP contribution in [0.5, 0.6) is 11.5 Å². The zero-order chi connectivity index (χ0) is 60.7.